The summed E-state index contributed by atoms with van der Waals surface area (Å²) in [6.07, 6.45) is -3.44. The second kappa shape index (κ2) is 4.82. The molecule has 0 saturated carbocycles. The molecule has 0 aromatic heterocycles. The maximum atomic E-state index is 12.5. The molecule has 0 saturated heterocycles. The molecule has 15 heavy (non-hydrogen) atoms. The van der Waals surface area contributed by atoms with Gasteiger partial charge in [0.2, 0.25) is 6.43 Å². The van der Waals surface area contributed by atoms with Crippen molar-refractivity contribution in [2.75, 3.05) is 0 Å². The number of carboxylic acids is 1. The third-order valence-corrected chi connectivity index (χ3v) is 2.00. The Hall–Kier alpha value is -1.52. The van der Waals surface area contributed by atoms with E-state index in [4.69, 9.17) is 5.11 Å². The summed E-state index contributed by atoms with van der Waals surface area (Å²) >= 11 is 0. The van der Waals surface area contributed by atoms with Crippen molar-refractivity contribution >= 4 is 5.97 Å². The first kappa shape index (κ1) is 11.6. The first-order chi connectivity index (χ1) is 7.00. The number of hydrogen-bond acceptors (Lipinski definition) is 1. The van der Waals surface area contributed by atoms with E-state index in [9.17, 15) is 18.0 Å². The normalized spacial score (nSPS) is 12.8. The van der Waals surface area contributed by atoms with E-state index in [2.05, 4.69) is 0 Å². The highest BCUT2D eigenvalue weighted by Crippen LogP contribution is 2.26. The lowest BCUT2D eigenvalue weighted by atomic mass is 9.96. The lowest BCUT2D eigenvalue weighted by Gasteiger charge is -2.13. The van der Waals surface area contributed by atoms with Gasteiger partial charge in [-0.3, -0.25) is 4.79 Å². The minimum absolute atomic E-state index is 0.133. The van der Waals surface area contributed by atoms with Crippen LogP contribution in [0.3, 0.4) is 0 Å². The second-order valence-corrected chi connectivity index (χ2v) is 3.09. The summed E-state index contributed by atoms with van der Waals surface area (Å²) in [5, 5.41) is 8.44. The average Bonchev–Trinajstić information content (AvgIpc) is 2.15. The fraction of sp³-hybridized carbons (Fsp3) is 0.300. The SMILES string of the molecule is O=C(O)CC(c1ccc(F)cc1)C(F)F. The molecule has 0 fully saturated rings. The zero-order valence-electron chi connectivity index (χ0n) is 7.66. The predicted octanol–water partition coefficient (Wildman–Crippen LogP) is 2.65. The van der Waals surface area contributed by atoms with E-state index in [-0.39, 0.29) is 5.56 Å². The Balaban J connectivity index is 2.88. The van der Waals surface area contributed by atoms with Crippen LogP contribution in [-0.2, 0) is 4.79 Å². The van der Waals surface area contributed by atoms with Crippen molar-refractivity contribution < 1.29 is 23.1 Å². The van der Waals surface area contributed by atoms with Gasteiger partial charge in [-0.25, -0.2) is 13.2 Å². The monoisotopic (exact) mass is 218 g/mol. The van der Waals surface area contributed by atoms with E-state index in [1.165, 1.54) is 12.1 Å². The molecular formula is C10H9F3O2. The molecule has 0 bridgehead atoms. The van der Waals surface area contributed by atoms with E-state index in [0.717, 1.165) is 12.1 Å². The van der Waals surface area contributed by atoms with E-state index in [1.807, 2.05) is 0 Å². The van der Waals surface area contributed by atoms with Gasteiger partial charge in [-0.1, -0.05) is 12.1 Å². The third-order valence-electron chi connectivity index (χ3n) is 2.00. The highest BCUT2D eigenvalue weighted by molar-refractivity contribution is 5.68. The first-order valence-corrected chi connectivity index (χ1v) is 4.26. The quantitative estimate of drug-likeness (QED) is 0.843. The number of carboxylic acid groups (broad SMARTS) is 1. The van der Waals surface area contributed by atoms with Gasteiger partial charge in [0, 0.05) is 0 Å². The summed E-state index contributed by atoms with van der Waals surface area (Å²) < 4.78 is 37.5. The van der Waals surface area contributed by atoms with E-state index < -0.39 is 30.6 Å². The number of carbonyl (C=O) groups is 1. The Morgan fingerprint density at radius 2 is 1.80 bits per heavy atom. The lowest BCUT2D eigenvalue weighted by Crippen LogP contribution is -2.14. The molecule has 1 atom stereocenters. The maximum Gasteiger partial charge on any atom is 0.304 e. The van der Waals surface area contributed by atoms with E-state index in [1.54, 1.807) is 0 Å². The summed E-state index contributed by atoms with van der Waals surface area (Å²) in [4.78, 5) is 10.3. The Labute approximate surface area is 84.3 Å². The van der Waals surface area contributed by atoms with Gasteiger partial charge in [0.05, 0.1) is 12.3 Å². The molecule has 5 heteroatoms. The second-order valence-electron chi connectivity index (χ2n) is 3.09. The van der Waals surface area contributed by atoms with Crippen LogP contribution >= 0.6 is 0 Å². The van der Waals surface area contributed by atoms with Gasteiger partial charge < -0.3 is 5.11 Å². The standard InChI is InChI=1S/C10H9F3O2/c11-7-3-1-6(2-4-7)8(10(12)13)5-9(14)15/h1-4,8,10H,5H2,(H,14,15). The molecule has 0 spiro atoms. The van der Waals surface area contributed by atoms with Gasteiger partial charge in [-0.15, -0.1) is 0 Å². The number of benzene rings is 1. The Morgan fingerprint density at radius 1 is 1.27 bits per heavy atom. The van der Waals surface area contributed by atoms with Crippen LogP contribution in [0.15, 0.2) is 24.3 Å². The van der Waals surface area contributed by atoms with Crippen molar-refractivity contribution in [1.29, 1.82) is 0 Å². The van der Waals surface area contributed by atoms with Crippen LogP contribution in [0.2, 0.25) is 0 Å². The molecule has 0 aliphatic rings. The van der Waals surface area contributed by atoms with Crippen molar-refractivity contribution in [3.05, 3.63) is 35.6 Å². The largest absolute Gasteiger partial charge is 0.481 e. The average molecular weight is 218 g/mol. The van der Waals surface area contributed by atoms with E-state index >= 15 is 0 Å². The molecule has 1 rings (SSSR count). The fourth-order valence-electron chi connectivity index (χ4n) is 1.25. The van der Waals surface area contributed by atoms with Crippen LogP contribution in [0, 0.1) is 5.82 Å². The van der Waals surface area contributed by atoms with Crippen molar-refractivity contribution in [3.8, 4) is 0 Å². The topological polar surface area (TPSA) is 37.3 Å². The van der Waals surface area contributed by atoms with Gasteiger partial charge in [0.1, 0.15) is 5.82 Å². The molecule has 0 aliphatic carbocycles. The molecule has 0 heterocycles. The van der Waals surface area contributed by atoms with Crippen LogP contribution in [0.1, 0.15) is 17.9 Å². The highest BCUT2D eigenvalue weighted by Gasteiger charge is 2.25. The zero-order valence-corrected chi connectivity index (χ0v) is 7.66. The van der Waals surface area contributed by atoms with Gasteiger partial charge in [-0.2, -0.15) is 0 Å². The van der Waals surface area contributed by atoms with Gasteiger partial charge in [0.25, 0.3) is 0 Å². The fourth-order valence-corrected chi connectivity index (χ4v) is 1.25. The Bertz CT molecular complexity index is 335. The predicted molar refractivity (Wildman–Crippen MR) is 47.4 cm³/mol. The molecule has 1 aromatic rings. The van der Waals surface area contributed by atoms with Crippen molar-refractivity contribution in [3.63, 3.8) is 0 Å². The van der Waals surface area contributed by atoms with Crippen LogP contribution in [0.4, 0.5) is 13.2 Å². The summed E-state index contributed by atoms with van der Waals surface area (Å²) in [5.41, 5.74) is 0.133. The Kier molecular flexibility index (Phi) is 3.71. The molecule has 2 nitrogen and oxygen atoms in total. The zero-order chi connectivity index (χ0) is 11.4. The summed E-state index contributed by atoms with van der Waals surface area (Å²) in [5.74, 6) is -3.23. The maximum absolute atomic E-state index is 12.5. The van der Waals surface area contributed by atoms with E-state index in [0.29, 0.717) is 0 Å². The number of rotatable bonds is 4. The molecule has 0 aliphatic heterocycles. The summed E-state index contributed by atoms with van der Waals surface area (Å²) in [7, 11) is 0. The molecule has 1 unspecified atom stereocenters. The van der Waals surface area contributed by atoms with Gasteiger partial charge in [-0.05, 0) is 17.7 Å². The number of hydrogen-bond donors (Lipinski definition) is 1. The molecule has 1 N–H and O–H groups in total. The van der Waals surface area contributed by atoms with Gasteiger partial charge in [0.15, 0.2) is 0 Å². The van der Waals surface area contributed by atoms with Gasteiger partial charge >= 0.3 is 5.97 Å². The van der Waals surface area contributed by atoms with Crippen molar-refractivity contribution in [2.24, 2.45) is 0 Å². The molecule has 0 amide bonds. The number of halogens is 3. The van der Waals surface area contributed by atoms with Crippen LogP contribution in [0.25, 0.3) is 0 Å². The van der Waals surface area contributed by atoms with Crippen LogP contribution in [-0.4, -0.2) is 17.5 Å². The molecule has 0 radical (unpaired) electrons. The van der Waals surface area contributed by atoms with Crippen molar-refractivity contribution in [2.45, 2.75) is 18.8 Å². The summed E-state index contributed by atoms with van der Waals surface area (Å²) in [6.45, 7) is 0. The minimum atomic E-state index is -2.77. The molecule has 1 aromatic carbocycles. The first-order valence-electron chi connectivity index (χ1n) is 4.26. The molecular weight excluding hydrogens is 209 g/mol. The highest BCUT2D eigenvalue weighted by atomic mass is 19.3. The number of aliphatic carboxylic acids is 1. The van der Waals surface area contributed by atoms with Crippen molar-refractivity contribution in [1.82, 2.24) is 0 Å². The Morgan fingerprint density at radius 3 is 2.20 bits per heavy atom. The van der Waals surface area contributed by atoms with Crippen LogP contribution in [0.5, 0.6) is 0 Å². The van der Waals surface area contributed by atoms with Crippen LogP contribution < -0.4 is 0 Å². The third kappa shape index (κ3) is 3.27. The summed E-state index contributed by atoms with van der Waals surface area (Å²) in [6, 6.07) is 4.42. The smallest absolute Gasteiger partial charge is 0.304 e. The number of alkyl halides is 2. The molecule has 82 valence electrons. The minimum Gasteiger partial charge on any atom is -0.481 e. The lowest BCUT2D eigenvalue weighted by molar-refractivity contribution is -0.138.